The first kappa shape index (κ1) is 14.1. The Balaban J connectivity index is 2.23. The molecule has 1 atom stereocenters. The van der Waals surface area contributed by atoms with Crippen LogP contribution in [0.15, 0.2) is 23.0 Å². The van der Waals surface area contributed by atoms with Crippen molar-refractivity contribution in [2.24, 2.45) is 11.7 Å². The minimum atomic E-state index is -4.16. The van der Waals surface area contributed by atoms with Gasteiger partial charge in [-0.05, 0) is 32.0 Å². The lowest BCUT2D eigenvalue weighted by Crippen LogP contribution is -2.29. The van der Waals surface area contributed by atoms with Crippen molar-refractivity contribution < 1.29 is 17.6 Å². The summed E-state index contributed by atoms with van der Waals surface area (Å²) in [5.74, 6) is -1.32. The molecule has 1 heterocycles. The van der Waals surface area contributed by atoms with E-state index in [1.165, 1.54) is 6.26 Å². The Labute approximate surface area is 98.2 Å². The second-order valence-corrected chi connectivity index (χ2v) is 3.91. The molecular formula is C11H17F3N2O. The molecule has 0 aliphatic rings. The van der Waals surface area contributed by atoms with E-state index in [1.807, 2.05) is 0 Å². The summed E-state index contributed by atoms with van der Waals surface area (Å²) in [4.78, 5) is 0. The Morgan fingerprint density at radius 2 is 2.12 bits per heavy atom. The zero-order valence-corrected chi connectivity index (χ0v) is 9.46. The number of nitrogens with two attached hydrogens (primary N) is 1. The Morgan fingerprint density at radius 1 is 1.35 bits per heavy atom. The van der Waals surface area contributed by atoms with Crippen LogP contribution in [0.2, 0.25) is 0 Å². The van der Waals surface area contributed by atoms with E-state index in [0.717, 1.165) is 5.56 Å². The Hall–Kier alpha value is -1.01. The number of hydrogen-bond acceptors (Lipinski definition) is 3. The van der Waals surface area contributed by atoms with E-state index in [4.69, 9.17) is 10.2 Å². The van der Waals surface area contributed by atoms with Gasteiger partial charge in [-0.2, -0.15) is 13.2 Å². The summed E-state index contributed by atoms with van der Waals surface area (Å²) < 4.78 is 42.4. The normalized spacial score (nSPS) is 13.9. The van der Waals surface area contributed by atoms with E-state index in [2.05, 4.69) is 5.32 Å². The minimum absolute atomic E-state index is 0.0170. The molecule has 1 aromatic rings. The molecule has 0 saturated heterocycles. The molecule has 0 fully saturated rings. The largest absolute Gasteiger partial charge is 0.472 e. The van der Waals surface area contributed by atoms with Gasteiger partial charge < -0.3 is 15.5 Å². The molecule has 0 saturated carbocycles. The highest BCUT2D eigenvalue weighted by Crippen LogP contribution is 2.30. The van der Waals surface area contributed by atoms with Crippen molar-refractivity contribution in [2.45, 2.75) is 25.6 Å². The van der Waals surface area contributed by atoms with Crippen LogP contribution in [0.1, 0.15) is 18.4 Å². The summed E-state index contributed by atoms with van der Waals surface area (Å²) in [5.41, 5.74) is 6.10. The van der Waals surface area contributed by atoms with Crippen molar-refractivity contribution in [3.05, 3.63) is 24.2 Å². The minimum Gasteiger partial charge on any atom is -0.472 e. The van der Waals surface area contributed by atoms with E-state index >= 15 is 0 Å². The molecule has 0 amide bonds. The van der Waals surface area contributed by atoms with E-state index in [0.29, 0.717) is 13.1 Å². The Kier molecular flexibility index (Phi) is 5.50. The highest BCUT2D eigenvalue weighted by atomic mass is 19.4. The van der Waals surface area contributed by atoms with Crippen molar-refractivity contribution in [1.29, 1.82) is 0 Å². The fourth-order valence-electron chi connectivity index (χ4n) is 1.58. The first-order chi connectivity index (χ1) is 8.04. The summed E-state index contributed by atoms with van der Waals surface area (Å²) >= 11 is 0. The SMILES string of the molecule is NCCC(CCNCc1ccoc1)C(F)(F)F. The number of rotatable bonds is 7. The average molecular weight is 250 g/mol. The maximum Gasteiger partial charge on any atom is 0.391 e. The van der Waals surface area contributed by atoms with Gasteiger partial charge in [-0.1, -0.05) is 0 Å². The van der Waals surface area contributed by atoms with Gasteiger partial charge >= 0.3 is 6.18 Å². The zero-order chi connectivity index (χ0) is 12.7. The molecule has 0 spiro atoms. The van der Waals surface area contributed by atoms with Gasteiger partial charge in [-0.3, -0.25) is 0 Å². The van der Waals surface area contributed by atoms with Gasteiger partial charge in [-0.25, -0.2) is 0 Å². The number of nitrogens with one attached hydrogen (secondary N) is 1. The topological polar surface area (TPSA) is 51.2 Å². The summed E-state index contributed by atoms with van der Waals surface area (Å²) in [7, 11) is 0. The van der Waals surface area contributed by atoms with Crippen molar-refractivity contribution in [3.8, 4) is 0 Å². The van der Waals surface area contributed by atoms with E-state index in [-0.39, 0.29) is 19.4 Å². The van der Waals surface area contributed by atoms with Crippen molar-refractivity contribution in [3.63, 3.8) is 0 Å². The Bertz CT molecular complexity index is 298. The number of furan rings is 1. The van der Waals surface area contributed by atoms with Gasteiger partial charge in [0.1, 0.15) is 0 Å². The van der Waals surface area contributed by atoms with Crippen LogP contribution < -0.4 is 11.1 Å². The Morgan fingerprint density at radius 3 is 2.65 bits per heavy atom. The fourth-order valence-corrected chi connectivity index (χ4v) is 1.58. The van der Waals surface area contributed by atoms with Gasteiger partial charge in [-0.15, -0.1) is 0 Å². The fraction of sp³-hybridized carbons (Fsp3) is 0.636. The highest BCUT2D eigenvalue weighted by molar-refractivity contribution is 5.04. The molecule has 1 aromatic heterocycles. The second kappa shape index (κ2) is 6.66. The van der Waals surface area contributed by atoms with Crippen LogP contribution in [0.3, 0.4) is 0 Å². The molecule has 1 unspecified atom stereocenters. The third-order valence-corrected chi connectivity index (χ3v) is 2.56. The molecule has 0 aliphatic heterocycles. The maximum atomic E-state index is 12.5. The van der Waals surface area contributed by atoms with Crippen molar-refractivity contribution in [1.82, 2.24) is 5.32 Å². The molecule has 6 heteroatoms. The summed E-state index contributed by atoms with van der Waals surface area (Å²) in [6.07, 6.45) is -1.02. The molecule has 17 heavy (non-hydrogen) atoms. The summed E-state index contributed by atoms with van der Waals surface area (Å²) in [6.45, 7) is 0.894. The summed E-state index contributed by atoms with van der Waals surface area (Å²) in [6, 6.07) is 1.77. The van der Waals surface area contributed by atoms with Crippen LogP contribution in [0.4, 0.5) is 13.2 Å². The van der Waals surface area contributed by atoms with E-state index in [9.17, 15) is 13.2 Å². The van der Waals surface area contributed by atoms with Gasteiger partial charge in [0.05, 0.1) is 18.4 Å². The lowest BCUT2D eigenvalue weighted by Gasteiger charge is -2.19. The standard InChI is InChI=1S/C11H17F3N2O/c12-11(13,14)10(1-4-15)2-5-16-7-9-3-6-17-8-9/h3,6,8,10,16H,1-2,4-5,7,15H2. The van der Waals surface area contributed by atoms with Crippen LogP contribution in [-0.2, 0) is 6.54 Å². The van der Waals surface area contributed by atoms with E-state index < -0.39 is 12.1 Å². The third-order valence-electron chi connectivity index (χ3n) is 2.56. The van der Waals surface area contributed by atoms with Crippen molar-refractivity contribution >= 4 is 0 Å². The predicted octanol–water partition coefficient (Wildman–Crippen LogP) is 2.29. The maximum absolute atomic E-state index is 12.5. The molecule has 98 valence electrons. The highest BCUT2D eigenvalue weighted by Gasteiger charge is 2.38. The zero-order valence-electron chi connectivity index (χ0n) is 9.46. The molecule has 0 aliphatic carbocycles. The number of alkyl halides is 3. The first-order valence-corrected chi connectivity index (χ1v) is 5.52. The van der Waals surface area contributed by atoms with Gasteiger partial charge in [0.15, 0.2) is 0 Å². The third kappa shape index (κ3) is 5.23. The van der Waals surface area contributed by atoms with Crippen LogP contribution >= 0.6 is 0 Å². The number of hydrogen-bond donors (Lipinski definition) is 2. The van der Waals surface area contributed by atoms with E-state index in [1.54, 1.807) is 12.3 Å². The predicted molar refractivity (Wildman–Crippen MR) is 58.2 cm³/mol. The summed E-state index contributed by atoms with van der Waals surface area (Å²) in [5, 5.41) is 2.95. The number of halogens is 3. The van der Waals surface area contributed by atoms with Crippen LogP contribution in [0.25, 0.3) is 0 Å². The average Bonchev–Trinajstić information content (AvgIpc) is 2.74. The molecule has 0 bridgehead atoms. The van der Waals surface area contributed by atoms with Crippen molar-refractivity contribution in [2.75, 3.05) is 13.1 Å². The van der Waals surface area contributed by atoms with Crippen LogP contribution in [-0.4, -0.2) is 19.3 Å². The molecular weight excluding hydrogens is 233 g/mol. The lowest BCUT2D eigenvalue weighted by atomic mass is 10.0. The smallest absolute Gasteiger partial charge is 0.391 e. The van der Waals surface area contributed by atoms with Crippen LogP contribution in [0, 0.1) is 5.92 Å². The molecule has 1 rings (SSSR count). The molecule has 3 N–H and O–H groups in total. The molecule has 0 radical (unpaired) electrons. The van der Waals surface area contributed by atoms with Gasteiger partial charge in [0.25, 0.3) is 0 Å². The second-order valence-electron chi connectivity index (χ2n) is 3.91. The van der Waals surface area contributed by atoms with Gasteiger partial charge in [0.2, 0.25) is 0 Å². The molecule has 3 nitrogen and oxygen atoms in total. The van der Waals surface area contributed by atoms with Crippen LogP contribution in [0.5, 0.6) is 0 Å². The molecule has 0 aromatic carbocycles. The first-order valence-electron chi connectivity index (χ1n) is 5.52. The lowest BCUT2D eigenvalue weighted by molar-refractivity contribution is -0.177. The quantitative estimate of drug-likeness (QED) is 0.730. The van der Waals surface area contributed by atoms with Gasteiger partial charge in [0, 0.05) is 12.1 Å². The monoisotopic (exact) mass is 250 g/mol.